The van der Waals surface area contributed by atoms with Crippen LogP contribution in [0.1, 0.15) is 17.3 Å². The maximum absolute atomic E-state index is 12.2. The van der Waals surface area contributed by atoms with Crippen LogP contribution in [0.15, 0.2) is 73.1 Å². The van der Waals surface area contributed by atoms with Gasteiger partial charge in [0.05, 0.1) is 0 Å². The van der Waals surface area contributed by atoms with Crippen LogP contribution < -0.4 is 10.6 Å². The Balaban J connectivity index is 2.04. The molecule has 0 atom stereocenters. The van der Waals surface area contributed by atoms with E-state index in [-0.39, 0.29) is 11.8 Å². The number of nitrogens with zero attached hydrogens (tertiary/aromatic N) is 1. The summed E-state index contributed by atoms with van der Waals surface area (Å²) in [6.07, 6.45) is 9.86. The normalized spacial score (nSPS) is 10.8. The van der Waals surface area contributed by atoms with E-state index in [1.165, 1.54) is 6.08 Å². The SMILES string of the molecule is CC=CC=CC(=O)Nc1cccc(C(=O)Nc2ccncc2)c1. The van der Waals surface area contributed by atoms with E-state index < -0.39 is 0 Å². The highest BCUT2D eigenvalue weighted by Gasteiger charge is 2.07. The highest BCUT2D eigenvalue weighted by molar-refractivity contribution is 6.06. The number of amides is 2. The standard InChI is InChI=1S/C18H17N3O2/c1-2-3-4-8-17(22)20-16-7-5-6-14(13-16)18(23)21-15-9-11-19-12-10-15/h2-13H,1H3,(H,20,22)(H,19,21,23). The summed E-state index contributed by atoms with van der Waals surface area (Å²) in [4.78, 5) is 27.8. The van der Waals surface area contributed by atoms with Crippen molar-refractivity contribution in [2.45, 2.75) is 6.92 Å². The maximum Gasteiger partial charge on any atom is 0.255 e. The third-order valence-corrected chi connectivity index (χ3v) is 2.88. The molecular weight excluding hydrogens is 290 g/mol. The Morgan fingerprint density at radius 3 is 2.52 bits per heavy atom. The van der Waals surface area contributed by atoms with Gasteiger partial charge in [-0.2, -0.15) is 0 Å². The van der Waals surface area contributed by atoms with Gasteiger partial charge in [0.2, 0.25) is 5.91 Å². The molecular formula is C18H17N3O2. The van der Waals surface area contributed by atoms with Crippen LogP contribution in [0.3, 0.4) is 0 Å². The molecule has 0 saturated heterocycles. The fourth-order valence-electron chi connectivity index (χ4n) is 1.81. The van der Waals surface area contributed by atoms with Gasteiger partial charge in [-0.25, -0.2) is 0 Å². The van der Waals surface area contributed by atoms with Gasteiger partial charge in [0.1, 0.15) is 0 Å². The number of hydrogen-bond acceptors (Lipinski definition) is 3. The molecule has 1 heterocycles. The Morgan fingerprint density at radius 2 is 1.78 bits per heavy atom. The van der Waals surface area contributed by atoms with Crippen molar-refractivity contribution in [3.63, 3.8) is 0 Å². The number of carbonyl (C=O) groups excluding carboxylic acids is 2. The first kappa shape index (κ1) is 16.2. The van der Waals surface area contributed by atoms with Gasteiger partial charge >= 0.3 is 0 Å². The molecule has 0 radical (unpaired) electrons. The van der Waals surface area contributed by atoms with Gasteiger partial charge in [0.15, 0.2) is 0 Å². The summed E-state index contributed by atoms with van der Waals surface area (Å²) < 4.78 is 0. The van der Waals surface area contributed by atoms with Crippen LogP contribution in [0.4, 0.5) is 11.4 Å². The first-order chi connectivity index (χ1) is 11.2. The van der Waals surface area contributed by atoms with Gasteiger partial charge < -0.3 is 10.6 Å². The van der Waals surface area contributed by atoms with Crippen molar-refractivity contribution in [3.8, 4) is 0 Å². The van der Waals surface area contributed by atoms with Crippen molar-refractivity contribution < 1.29 is 9.59 Å². The minimum Gasteiger partial charge on any atom is -0.322 e. The number of rotatable bonds is 5. The van der Waals surface area contributed by atoms with Crippen LogP contribution in [0.5, 0.6) is 0 Å². The van der Waals surface area contributed by atoms with Crippen molar-refractivity contribution in [1.82, 2.24) is 4.98 Å². The Kier molecular flexibility index (Phi) is 5.82. The maximum atomic E-state index is 12.2. The van der Waals surface area contributed by atoms with Gasteiger partial charge in [-0.1, -0.05) is 24.3 Å². The van der Waals surface area contributed by atoms with Crippen molar-refractivity contribution in [1.29, 1.82) is 0 Å². The second-order valence-corrected chi connectivity index (χ2v) is 4.64. The van der Waals surface area contributed by atoms with E-state index in [9.17, 15) is 9.59 Å². The van der Waals surface area contributed by atoms with Crippen molar-refractivity contribution >= 4 is 23.2 Å². The third kappa shape index (κ3) is 5.24. The molecule has 1 aromatic heterocycles. The zero-order valence-electron chi connectivity index (χ0n) is 12.7. The van der Waals surface area contributed by atoms with E-state index in [1.54, 1.807) is 60.9 Å². The largest absolute Gasteiger partial charge is 0.322 e. The molecule has 2 aromatic rings. The van der Waals surface area contributed by atoms with Crippen LogP contribution in [-0.2, 0) is 4.79 Å². The molecule has 0 aliphatic rings. The molecule has 116 valence electrons. The number of anilines is 2. The van der Waals surface area contributed by atoms with Crippen molar-refractivity contribution in [2.75, 3.05) is 10.6 Å². The van der Waals surface area contributed by atoms with E-state index in [0.29, 0.717) is 16.9 Å². The van der Waals surface area contributed by atoms with E-state index >= 15 is 0 Å². The second-order valence-electron chi connectivity index (χ2n) is 4.64. The van der Waals surface area contributed by atoms with E-state index in [1.807, 2.05) is 13.0 Å². The Bertz CT molecular complexity index is 737. The van der Waals surface area contributed by atoms with Crippen LogP contribution >= 0.6 is 0 Å². The Hall–Kier alpha value is -3.21. The first-order valence-corrected chi connectivity index (χ1v) is 7.11. The molecule has 0 unspecified atom stereocenters. The summed E-state index contributed by atoms with van der Waals surface area (Å²) >= 11 is 0. The summed E-state index contributed by atoms with van der Waals surface area (Å²) in [6, 6.07) is 10.2. The van der Waals surface area contributed by atoms with E-state index in [4.69, 9.17) is 0 Å². The molecule has 5 nitrogen and oxygen atoms in total. The summed E-state index contributed by atoms with van der Waals surface area (Å²) in [5.74, 6) is -0.508. The van der Waals surface area contributed by atoms with E-state index in [0.717, 1.165) is 0 Å². The summed E-state index contributed by atoms with van der Waals surface area (Å²) in [7, 11) is 0. The zero-order valence-corrected chi connectivity index (χ0v) is 12.7. The molecule has 0 saturated carbocycles. The minimum atomic E-state index is -0.255. The van der Waals surface area contributed by atoms with Crippen LogP contribution in [0.2, 0.25) is 0 Å². The summed E-state index contributed by atoms with van der Waals surface area (Å²) in [5, 5.41) is 5.48. The summed E-state index contributed by atoms with van der Waals surface area (Å²) in [5.41, 5.74) is 1.67. The molecule has 0 aliphatic heterocycles. The van der Waals surface area contributed by atoms with Crippen LogP contribution in [0, 0.1) is 0 Å². The summed E-state index contributed by atoms with van der Waals surface area (Å²) in [6.45, 7) is 1.87. The van der Waals surface area contributed by atoms with Gasteiger partial charge in [-0.05, 0) is 37.3 Å². The Morgan fingerprint density at radius 1 is 1.00 bits per heavy atom. The number of aromatic nitrogens is 1. The Labute approximate surface area is 134 Å². The van der Waals surface area contributed by atoms with Crippen molar-refractivity contribution in [3.05, 3.63) is 78.7 Å². The lowest BCUT2D eigenvalue weighted by molar-refractivity contribution is -0.111. The van der Waals surface area contributed by atoms with Crippen molar-refractivity contribution in [2.24, 2.45) is 0 Å². The minimum absolute atomic E-state index is 0.253. The number of nitrogens with one attached hydrogen (secondary N) is 2. The van der Waals surface area contributed by atoms with Crippen LogP contribution in [0.25, 0.3) is 0 Å². The molecule has 0 spiro atoms. The third-order valence-electron chi connectivity index (χ3n) is 2.88. The lowest BCUT2D eigenvalue weighted by atomic mass is 10.2. The topological polar surface area (TPSA) is 71.1 Å². The van der Waals surface area contributed by atoms with Crippen LogP contribution in [-0.4, -0.2) is 16.8 Å². The fraction of sp³-hybridized carbons (Fsp3) is 0.0556. The van der Waals surface area contributed by atoms with Gasteiger partial charge in [0, 0.05) is 35.4 Å². The fourth-order valence-corrected chi connectivity index (χ4v) is 1.81. The number of hydrogen-bond donors (Lipinski definition) is 2. The quantitative estimate of drug-likeness (QED) is 0.657. The number of benzene rings is 1. The average Bonchev–Trinajstić information content (AvgIpc) is 2.56. The number of pyridine rings is 1. The average molecular weight is 307 g/mol. The molecule has 23 heavy (non-hydrogen) atoms. The lowest BCUT2D eigenvalue weighted by Gasteiger charge is -2.07. The molecule has 1 aromatic carbocycles. The number of carbonyl (C=O) groups is 2. The molecule has 5 heteroatoms. The number of allylic oxidation sites excluding steroid dienone is 3. The first-order valence-electron chi connectivity index (χ1n) is 7.11. The predicted octanol–water partition coefficient (Wildman–Crippen LogP) is 3.40. The highest BCUT2D eigenvalue weighted by atomic mass is 16.2. The van der Waals surface area contributed by atoms with Gasteiger partial charge in [-0.15, -0.1) is 0 Å². The lowest BCUT2D eigenvalue weighted by Crippen LogP contribution is -2.13. The molecule has 2 N–H and O–H groups in total. The molecule has 0 bridgehead atoms. The predicted molar refractivity (Wildman–Crippen MR) is 91.2 cm³/mol. The molecule has 2 amide bonds. The second kappa shape index (κ2) is 8.29. The highest BCUT2D eigenvalue weighted by Crippen LogP contribution is 2.13. The molecule has 0 aliphatic carbocycles. The smallest absolute Gasteiger partial charge is 0.255 e. The monoisotopic (exact) mass is 307 g/mol. The molecule has 2 rings (SSSR count). The van der Waals surface area contributed by atoms with Gasteiger partial charge in [-0.3, -0.25) is 14.6 Å². The zero-order chi connectivity index (χ0) is 16.5. The van der Waals surface area contributed by atoms with E-state index in [2.05, 4.69) is 15.6 Å². The molecule has 0 fully saturated rings. The van der Waals surface area contributed by atoms with Gasteiger partial charge in [0.25, 0.3) is 5.91 Å².